The van der Waals surface area contributed by atoms with Gasteiger partial charge in [-0.1, -0.05) is 18.2 Å². The van der Waals surface area contributed by atoms with E-state index in [1.165, 1.54) is 10.6 Å². The molecule has 4 rings (SSSR count). The molecular weight excluding hydrogens is 335 g/mol. The van der Waals surface area contributed by atoms with Crippen molar-refractivity contribution in [1.29, 1.82) is 5.26 Å². The number of ether oxygens (including phenoxy) is 1. The van der Waals surface area contributed by atoms with E-state index in [0.29, 0.717) is 36.1 Å². The van der Waals surface area contributed by atoms with Crippen LogP contribution in [-0.2, 0) is 4.74 Å². The minimum Gasteiger partial charge on any atom is -0.445 e. The molecule has 132 valence electrons. The summed E-state index contributed by atoms with van der Waals surface area (Å²) in [6, 6.07) is 10.4. The molecule has 1 amide bonds. The normalized spacial score (nSPS) is 17.4. The van der Waals surface area contributed by atoms with Crippen molar-refractivity contribution >= 4 is 33.6 Å². The minimum atomic E-state index is -0.823. The van der Waals surface area contributed by atoms with Crippen LogP contribution in [-0.4, -0.2) is 29.9 Å². The molecule has 0 saturated carbocycles. The summed E-state index contributed by atoms with van der Waals surface area (Å²) in [5, 5.41) is 11.1. The monoisotopic (exact) mass is 352 g/mol. The lowest BCUT2D eigenvalue weighted by molar-refractivity contribution is 0.0965. The quantitative estimate of drug-likeness (QED) is 0.767. The summed E-state index contributed by atoms with van der Waals surface area (Å²) >= 11 is 0. The second kappa shape index (κ2) is 6.23. The smallest absolute Gasteiger partial charge is 0.404 e. The molecule has 1 fully saturated rings. The standard InChI is InChI=1S/C19H17FN4O2/c20-14-7-8-16-17(13-5-1-2-6-15(13)24(16)11-21)18(14)23-9-3-4-12(10-23)26-19(22)25/h1-2,5-8,12H,3-4,9-10H2,(H2,22,25)/t12-/m0/s1. The molecule has 2 N–H and O–H groups in total. The summed E-state index contributed by atoms with van der Waals surface area (Å²) in [6.45, 7) is 1.01. The number of carbonyl (C=O) groups excluding carboxylic acids is 1. The molecule has 1 aliphatic rings. The number of hydrogen-bond acceptors (Lipinski definition) is 4. The second-order valence-electron chi connectivity index (χ2n) is 6.39. The highest BCUT2D eigenvalue weighted by atomic mass is 19.1. The lowest BCUT2D eigenvalue weighted by Crippen LogP contribution is -2.41. The van der Waals surface area contributed by atoms with E-state index in [-0.39, 0.29) is 11.9 Å². The van der Waals surface area contributed by atoms with Crippen LogP contribution in [0.2, 0.25) is 0 Å². The number of amides is 1. The van der Waals surface area contributed by atoms with Gasteiger partial charge in [0.05, 0.1) is 23.3 Å². The van der Waals surface area contributed by atoms with Crippen LogP contribution in [0, 0.1) is 17.3 Å². The molecule has 0 radical (unpaired) electrons. The second-order valence-corrected chi connectivity index (χ2v) is 6.39. The fraction of sp³-hybridized carbons (Fsp3) is 0.263. The number of hydrogen-bond donors (Lipinski definition) is 1. The average Bonchev–Trinajstić information content (AvgIpc) is 2.95. The van der Waals surface area contributed by atoms with Crippen molar-refractivity contribution in [3.05, 3.63) is 42.2 Å². The summed E-state index contributed by atoms with van der Waals surface area (Å²) in [4.78, 5) is 13.0. The fourth-order valence-corrected chi connectivity index (χ4v) is 3.84. The number of rotatable bonds is 2. The van der Waals surface area contributed by atoms with Crippen molar-refractivity contribution in [3.8, 4) is 6.19 Å². The number of anilines is 1. The molecule has 0 spiro atoms. The van der Waals surface area contributed by atoms with Gasteiger partial charge in [-0.25, -0.2) is 13.8 Å². The number of nitriles is 1. The van der Waals surface area contributed by atoms with Crippen molar-refractivity contribution in [2.45, 2.75) is 18.9 Å². The SMILES string of the molecule is N#Cn1c2ccccc2c2c(N3CCC[C@H](OC(N)=O)C3)c(F)ccc21. The zero-order valence-electron chi connectivity index (χ0n) is 14.0. The third-order valence-electron chi connectivity index (χ3n) is 4.84. The Morgan fingerprint density at radius 3 is 2.85 bits per heavy atom. The molecule has 0 bridgehead atoms. The van der Waals surface area contributed by atoms with Gasteiger partial charge >= 0.3 is 6.09 Å². The number of nitrogens with two attached hydrogens (primary N) is 1. The van der Waals surface area contributed by atoms with Gasteiger partial charge in [-0.3, -0.25) is 0 Å². The first kappa shape index (κ1) is 16.2. The Hall–Kier alpha value is -3.27. The van der Waals surface area contributed by atoms with Gasteiger partial charge in [0.25, 0.3) is 0 Å². The highest BCUT2D eigenvalue weighted by Gasteiger charge is 2.27. The van der Waals surface area contributed by atoms with Gasteiger partial charge in [-0.2, -0.15) is 5.26 Å². The number of benzene rings is 2. The molecule has 1 aromatic heterocycles. The molecule has 2 heterocycles. The number of halogens is 1. The first-order valence-electron chi connectivity index (χ1n) is 8.43. The number of carbonyl (C=O) groups is 1. The zero-order valence-corrected chi connectivity index (χ0v) is 14.0. The lowest BCUT2D eigenvalue weighted by atomic mass is 10.0. The van der Waals surface area contributed by atoms with Gasteiger partial charge in [-0.15, -0.1) is 0 Å². The van der Waals surface area contributed by atoms with E-state index in [4.69, 9.17) is 10.5 Å². The summed E-state index contributed by atoms with van der Waals surface area (Å²) in [5.41, 5.74) is 6.96. The number of aromatic nitrogens is 1. The Balaban J connectivity index is 1.91. The van der Waals surface area contributed by atoms with E-state index in [0.717, 1.165) is 17.3 Å². The van der Waals surface area contributed by atoms with E-state index in [9.17, 15) is 14.4 Å². The van der Waals surface area contributed by atoms with Gasteiger partial charge in [-0.05, 0) is 31.0 Å². The maximum absolute atomic E-state index is 14.9. The van der Waals surface area contributed by atoms with Gasteiger partial charge in [0.1, 0.15) is 11.9 Å². The largest absolute Gasteiger partial charge is 0.445 e. The van der Waals surface area contributed by atoms with E-state index in [2.05, 4.69) is 6.19 Å². The number of piperidine rings is 1. The first-order valence-corrected chi connectivity index (χ1v) is 8.43. The van der Waals surface area contributed by atoms with Crippen LogP contribution < -0.4 is 10.6 Å². The van der Waals surface area contributed by atoms with Crippen LogP contribution in [0.25, 0.3) is 21.8 Å². The molecule has 1 atom stereocenters. The first-order chi connectivity index (χ1) is 12.6. The lowest BCUT2D eigenvalue weighted by Gasteiger charge is -2.34. The highest BCUT2D eigenvalue weighted by Crippen LogP contribution is 2.38. The molecule has 0 aliphatic carbocycles. The van der Waals surface area contributed by atoms with Crippen molar-refractivity contribution in [2.24, 2.45) is 5.73 Å². The van der Waals surface area contributed by atoms with Gasteiger partial charge < -0.3 is 15.4 Å². The predicted octanol–water partition coefficient (Wildman–Crippen LogP) is 3.33. The van der Waals surface area contributed by atoms with E-state index < -0.39 is 6.09 Å². The van der Waals surface area contributed by atoms with Crippen LogP contribution in [0.15, 0.2) is 36.4 Å². The van der Waals surface area contributed by atoms with Gasteiger partial charge in [0.2, 0.25) is 0 Å². The molecule has 26 heavy (non-hydrogen) atoms. The van der Waals surface area contributed by atoms with Crippen LogP contribution in [0.3, 0.4) is 0 Å². The van der Waals surface area contributed by atoms with Gasteiger partial charge in [0, 0.05) is 17.3 Å². The van der Waals surface area contributed by atoms with Crippen LogP contribution in [0.1, 0.15) is 12.8 Å². The Morgan fingerprint density at radius 2 is 2.08 bits per heavy atom. The molecule has 1 aliphatic heterocycles. The van der Waals surface area contributed by atoms with E-state index >= 15 is 0 Å². The molecule has 0 unspecified atom stereocenters. The molecule has 3 aromatic rings. The maximum Gasteiger partial charge on any atom is 0.404 e. The predicted molar refractivity (Wildman–Crippen MR) is 96.3 cm³/mol. The van der Waals surface area contributed by atoms with Gasteiger partial charge in [0.15, 0.2) is 6.19 Å². The number of primary amides is 1. The molecule has 1 saturated heterocycles. The minimum absolute atomic E-state index is 0.363. The van der Waals surface area contributed by atoms with Crippen molar-refractivity contribution in [1.82, 2.24) is 4.57 Å². The Labute approximate surface area is 149 Å². The molecule has 2 aromatic carbocycles. The van der Waals surface area contributed by atoms with E-state index in [1.54, 1.807) is 6.07 Å². The van der Waals surface area contributed by atoms with Crippen molar-refractivity contribution < 1.29 is 13.9 Å². The summed E-state index contributed by atoms with van der Waals surface area (Å²) in [6.07, 6.45) is 2.42. The Bertz CT molecular complexity index is 1050. The van der Waals surface area contributed by atoms with Crippen LogP contribution in [0.4, 0.5) is 14.9 Å². The fourth-order valence-electron chi connectivity index (χ4n) is 3.84. The number of nitrogens with zero attached hydrogens (tertiary/aromatic N) is 3. The highest BCUT2D eigenvalue weighted by molar-refractivity contribution is 6.14. The van der Waals surface area contributed by atoms with Crippen LogP contribution >= 0.6 is 0 Å². The summed E-state index contributed by atoms with van der Waals surface area (Å²) in [7, 11) is 0. The molecule has 6 nitrogen and oxygen atoms in total. The summed E-state index contributed by atoms with van der Waals surface area (Å²) < 4.78 is 21.5. The number of para-hydroxylation sites is 1. The zero-order chi connectivity index (χ0) is 18.3. The Morgan fingerprint density at radius 1 is 1.27 bits per heavy atom. The Kier molecular flexibility index (Phi) is 3.88. The molecular formula is C19H17FN4O2. The maximum atomic E-state index is 14.9. The third-order valence-corrected chi connectivity index (χ3v) is 4.84. The number of fused-ring (bicyclic) bond motifs is 3. The van der Waals surface area contributed by atoms with Crippen LogP contribution in [0.5, 0.6) is 0 Å². The third kappa shape index (κ3) is 2.51. The van der Waals surface area contributed by atoms with Crippen molar-refractivity contribution in [3.63, 3.8) is 0 Å². The topological polar surface area (TPSA) is 84.3 Å². The van der Waals surface area contributed by atoms with Crippen molar-refractivity contribution in [2.75, 3.05) is 18.0 Å². The van der Waals surface area contributed by atoms with E-state index in [1.807, 2.05) is 29.2 Å². The average molecular weight is 352 g/mol. The summed E-state index contributed by atoms with van der Waals surface area (Å²) in [5.74, 6) is -0.363. The molecule has 7 heteroatoms.